The lowest BCUT2D eigenvalue weighted by Gasteiger charge is -2.14. The highest BCUT2D eigenvalue weighted by Crippen LogP contribution is 2.15. The zero-order valence-corrected chi connectivity index (χ0v) is 11.2. The molecule has 0 aromatic carbocycles. The lowest BCUT2D eigenvalue weighted by Crippen LogP contribution is -2.18. The molecular weight excluding hydrogens is 228 g/mol. The van der Waals surface area contributed by atoms with Crippen LogP contribution < -0.4 is 5.32 Å². The zero-order chi connectivity index (χ0) is 13.0. The number of nitrogens with zero attached hydrogens (tertiary/aromatic N) is 1. The Kier molecular flexibility index (Phi) is 4.23. The van der Waals surface area contributed by atoms with Gasteiger partial charge in [0.1, 0.15) is 17.3 Å². The van der Waals surface area contributed by atoms with Gasteiger partial charge in [0.25, 0.3) is 0 Å². The summed E-state index contributed by atoms with van der Waals surface area (Å²) < 4.78 is 11.0. The molecule has 0 aliphatic carbocycles. The number of hydrogen-bond donors (Lipinski definition) is 1. The van der Waals surface area contributed by atoms with Crippen molar-refractivity contribution in [3.63, 3.8) is 0 Å². The fourth-order valence-electron chi connectivity index (χ4n) is 2.01. The summed E-state index contributed by atoms with van der Waals surface area (Å²) in [7, 11) is 4.00. The van der Waals surface area contributed by atoms with Crippen LogP contribution >= 0.6 is 0 Å². The Morgan fingerprint density at radius 2 is 2.06 bits per heavy atom. The highest BCUT2D eigenvalue weighted by atomic mass is 16.3. The summed E-state index contributed by atoms with van der Waals surface area (Å²) in [4.78, 5) is 2.21. The highest BCUT2D eigenvalue weighted by Gasteiger charge is 2.10. The molecule has 0 aliphatic heterocycles. The Balaban J connectivity index is 1.94. The van der Waals surface area contributed by atoms with Gasteiger partial charge >= 0.3 is 0 Å². The van der Waals surface area contributed by atoms with Crippen molar-refractivity contribution in [3.8, 4) is 0 Å². The van der Waals surface area contributed by atoms with Crippen LogP contribution in [-0.2, 0) is 19.6 Å². The fourth-order valence-corrected chi connectivity index (χ4v) is 2.01. The number of aryl methyl sites for hydroxylation is 1. The molecule has 0 aliphatic rings. The fraction of sp³-hybridized carbons (Fsp3) is 0.429. The molecule has 0 saturated heterocycles. The van der Waals surface area contributed by atoms with Gasteiger partial charge in [0.15, 0.2) is 0 Å². The number of rotatable bonds is 6. The molecule has 0 amide bonds. The maximum atomic E-state index is 5.57. The van der Waals surface area contributed by atoms with Gasteiger partial charge in [-0.05, 0) is 39.2 Å². The molecule has 0 spiro atoms. The van der Waals surface area contributed by atoms with E-state index in [1.54, 1.807) is 6.26 Å². The second-order valence-corrected chi connectivity index (χ2v) is 4.58. The van der Waals surface area contributed by atoms with E-state index in [0.717, 1.165) is 36.9 Å². The van der Waals surface area contributed by atoms with E-state index in [1.165, 1.54) is 5.56 Å². The maximum absolute atomic E-state index is 5.57. The first-order chi connectivity index (χ1) is 8.69. The summed E-state index contributed by atoms with van der Waals surface area (Å²) in [6.45, 7) is 4.38. The van der Waals surface area contributed by atoms with E-state index < -0.39 is 0 Å². The minimum atomic E-state index is 0.760. The summed E-state index contributed by atoms with van der Waals surface area (Å²) >= 11 is 0. The quantitative estimate of drug-likeness (QED) is 0.853. The van der Waals surface area contributed by atoms with Gasteiger partial charge in [-0.2, -0.15) is 0 Å². The third-order valence-corrected chi connectivity index (χ3v) is 2.84. The molecule has 4 heteroatoms. The Labute approximate surface area is 108 Å². The van der Waals surface area contributed by atoms with Crippen LogP contribution in [-0.4, -0.2) is 19.0 Å². The van der Waals surface area contributed by atoms with Gasteiger partial charge in [-0.15, -0.1) is 0 Å². The van der Waals surface area contributed by atoms with Crippen molar-refractivity contribution in [2.24, 2.45) is 0 Å². The first-order valence-corrected chi connectivity index (χ1v) is 6.12. The summed E-state index contributed by atoms with van der Waals surface area (Å²) in [6, 6.07) is 6.04. The first kappa shape index (κ1) is 12.9. The number of nitrogens with one attached hydrogen (secondary N) is 1. The lowest BCUT2D eigenvalue weighted by atomic mass is 10.2. The third-order valence-electron chi connectivity index (χ3n) is 2.84. The third kappa shape index (κ3) is 3.24. The second kappa shape index (κ2) is 5.89. The van der Waals surface area contributed by atoms with Crippen molar-refractivity contribution in [1.82, 2.24) is 10.2 Å². The van der Waals surface area contributed by atoms with Crippen molar-refractivity contribution in [3.05, 3.63) is 47.3 Å². The van der Waals surface area contributed by atoms with Crippen molar-refractivity contribution in [2.45, 2.75) is 26.6 Å². The van der Waals surface area contributed by atoms with Gasteiger partial charge in [-0.25, -0.2) is 0 Å². The van der Waals surface area contributed by atoms with Crippen LogP contribution in [0, 0.1) is 6.92 Å². The number of hydrogen-bond acceptors (Lipinski definition) is 4. The van der Waals surface area contributed by atoms with E-state index in [9.17, 15) is 0 Å². The normalized spacial score (nSPS) is 11.3. The Morgan fingerprint density at radius 3 is 2.72 bits per heavy atom. The molecule has 2 rings (SSSR count). The molecule has 0 radical (unpaired) electrons. The first-order valence-electron chi connectivity index (χ1n) is 6.12. The molecule has 2 aromatic rings. The highest BCUT2D eigenvalue weighted by molar-refractivity contribution is 5.17. The smallest absolute Gasteiger partial charge is 0.122 e. The molecule has 0 bridgehead atoms. The Hall–Kier alpha value is -1.52. The Bertz CT molecular complexity index is 487. The average molecular weight is 248 g/mol. The molecule has 98 valence electrons. The van der Waals surface area contributed by atoms with Crippen molar-refractivity contribution >= 4 is 0 Å². The van der Waals surface area contributed by atoms with Crippen LogP contribution in [0.5, 0.6) is 0 Å². The monoisotopic (exact) mass is 248 g/mol. The standard InChI is InChI=1S/C14H20N2O2/c1-11-4-5-13(18-11)10-16(3)9-12-6-7-17-14(12)8-15-2/h4-7,15H,8-10H2,1-3H3. The second-order valence-electron chi connectivity index (χ2n) is 4.58. The van der Waals surface area contributed by atoms with Crippen molar-refractivity contribution < 1.29 is 8.83 Å². The predicted molar refractivity (Wildman–Crippen MR) is 70.1 cm³/mol. The molecule has 0 saturated carbocycles. The molecule has 2 aromatic heterocycles. The van der Waals surface area contributed by atoms with Crippen LogP contribution in [0.15, 0.2) is 33.3 Å². The van der Waals surface area contributed by atoms with Crippen molar-refractivity contribution in [1.29, 1.82) is 0 Å². The van der Waals surface area contributed by atoms with E-state index in [4.69, 9.17) is 8.83 Å². The summed E-state index contributed by atoms with van der Waals surface area (Å²) in [5.41, 5.74) is 1.22. The SMILES string of the molecule is CNCc1occc1CN(C)Cc1ccc(C)o1. The summed E-state index contributed by atoms with van der Waals surface area (Å²) in [5, 5.41) is 3.11. The average Bonchev–Trinajstić information content (AvgIpc) is 2.90. The molecule has 1 N–H and O–H groups in total. The van der Waals surface area contributed by atoms with Crippen molar-refractivity contribution in [2.75, 3.05) is 14.1 Å². The van der Waals surface area contributed by atoms with E-state index >= 15 is 0 Å². The molecule has 0 unspecified atom stereocenters. The Morgan fingerprint density at radius 1 is 1.22 bits per heavy atom. The van der Waals surface area contributed by atoms with Crippen LogP contribution in [0.1, 0.15) is 22.8 Å². The molecule has 0 atom stereocenters. The van der Waals surface area contributed by atoms with Gasteiger partial charge in [-0.3, -0.25) is 4.90 Å². The molecule has 4 nitrogen and oxygen atoms in total. The van der Waals surface area contributed by atoms with E-state index in [1.807, 2.05) is 32.2 Å². The summed E-state index contributed by atoms with van der Waals surface area (Å²) in [5.74, 6) is 2.95. The van der Waals surface area contributed by atoms with E-state index in [-0.39, 0.29) is 0 Å². The van der Waals surface area contributed by atoms with Gasteiger partial charge in [-0.1, -0.05) is 0 Å². The molecule has 2 heterocycles. The minimum Gasteiger partial charge on any atom is -0.468 e. The van der Waals surface area contributed by atoms with Gasteiger partial charge in [0.05, 0.1) is 19.4 Å². The zero-order valence-electron chi connectivity index (χ0n) is 11.2. The molecular formula is C14H20N2O2. The van der Waals surface area contributed by atoms with Gasteiger partial charge in [0, 0.05) is 12.1 Å². The maximum Gasteiger partial charge on any atom is 0.122 e. The van der Waals surface area contributed by atoms with Gasteiger partial charge in [0.2, 0.25) is 0 Å². The van der Waals surface area contributed by atoms with Gasteiger partial charge < -0.3 is 14.2 Å². The predicted octanol–water partition coefficient (Wildman–Crippen LogP) is 2.53. The van der Waals surface area contributed by atoms with E-state index in [0.29, 0.717) is 0 Å². The molecule has 18 heavy (non-hydrogen) atoms. The topological polar surface area (TPSA) is 41.6 Å². The number of furan rings is 2. The molecule has 0 fully saturated rings. The van der Waals surface area contributed by atoms with Crippen LogP contribution in [0.4, 0.5) is 0 Å². The van der Waals surface area contributed by atoms with E-state index in [2.05, 4.69) is 17.3 Å². The minimum absolute atomic E-state index is 0.760. The van der Waals surface area contributed by atoms with Crippen LogP contribution in [0.3, 0.4) is 0 Å². The van der Waals surface area contributed by atoms with Crippen LogP contribution in [0.2, 0.25) is 0 Å². The lowest BCUT2D eigenvalue weighted by molar-refractivity contribution is 0.282. The van der Waals surface area contributed by atoms with Crippen LogP contribution in [0.25, 0.3) is 0 Å². The largest absolute Gasteiger partial charge is 0.468 e. The summed E-state index contributed by atoms with van der Waals surface area (Å²) in [6.07, 6.45) is 1.74.